The Morgan fingerprint density at radius 3 is 3.00 bits per heavy atom. The van der Waals surface area contributed by atoms with Gasteiger partial charge in [0.05, 0.1) is 0 Å². The van der Waals surface area contributed by atoms with Crippen molar-refractivity contribution in [2.75, 3.05) is 20.3 Å². The van der Waals surface area contributed by atoms with Gasteiger partial charge >= 0.3 is 0 Å². The molecule has 0 aromatic carbocycles. The molecule has 0 radical (unpaired) electrons. The standard InChI is InChI=1S/C8H12FNS/c1-10(4-3-9)6-8-2-5-11-7-8/h2,5,7H,3-4,6H2,1H3. The molecular formula is C8H12FNS. The third-order valence-corrected chi connectivity index (χ3v) is 2.23. The Kier molecular flexibility index (Phi) is 3.52. The molecule has 0 atom stereocenters. The van der Waals surface area contributed by atoms with E-state index in [4.69, 9.17) is 0 Å². The van der Waals surface area contributed by atoms with Gasteiger partial charge in [0, 0.05) is 13.1 Å². The first-order valence-corrected chi connectivity index (χ1v) is 4.53. The van der Waals surface area contributed by atoms with Gasteiger partial charge in [-0.25, -0.2) is 4.39 Å². The fourth-order valence-corrected chi connectivity index (χ4v) is 1.58. The predicted octanol–water partition coefficient (Wildman–Crippen LogP) is 2.15. The average Bonchev–Trinajstić information content (AvgIpc) is 2.40. The summed E-state index contributed by atoms with van der Waals surface area (Å²) in [6.45, 7) is 1.11. The number of rotatable bonds is 4. The molecule has 0 saturated carbocycles. The molecule has 3 heteroatoms. The largest absolute Gasteiger partial charge is 0.299 e. The Balaban J connectivity index is 2.31. The molecule has 1 nitrogen and oxygen atoms in total. The second-order valence-electron chi connectivity index (χ2n) is 2.56. The van der Waals surface area contributed by atoms with Crippen molar-refractivity contribution in [2.45, 2.75) is 6.54 Å². The highest BCUT2D eigenvalue weighted by molar-refractivity contribution is 7.07. The van der Waals surface area contributed by atoms with Gasteiger partial charge in [0.1, 0.15) is 6.67 Å². The first kappa shape index (κ1) is 8.68. The zero-order valence-corrected chi connectivity index (χ0v) is 7.40. The van der Waals surface area contributed by atoms with Crippen LogP contribution in [-0.2, 0) is 6.54 Å². The van der Waals surface area contributed by atoms with E-state index in [-0.39, 0.29) is 6.67 Å². The number of nitrogens with zero attached hydrogens (tertiary/aromatic N) is 1. The molecule has 0 unspecified atom stereocenters. The van der Waals surface area contributed by atoms with Crippen LogP contribution >= 0.6 is 11.3 Å². The van der Waals surface area contributed by atoms with Crippen molar-refractivity contribution < 1.29 is 4.39 Å². The molecule has 1 aromatic heterocycles. The van der Waals surface area contributed by atoms with Crippen LogP contribution in [0.3, 0.4) is 0 Å². The molecule has 0 aliphatic heterocycles. The van der Waals surface area contributed by atoms with E-state index >= 15 is 0 Å². The average molecular weight is 173 g/mol. The highest BCUT2D eigenvalue weighted by Gasteiger charge is 1.98. The maximum atomic E-state index is 11.8. The van der Waals surface area contributed by atoms with Crippen molar-refractivity contribution in [3.8, 4) is 0 Å². The molecule has 1 aromatic rings. The van der Waals surface area contributed by atoms with Gasteiger partial charge in [0.15, 0.2) is 0 Å². The smallest absolute Gasteiger partial charge is 0.102 e. The van der Waals surface area contributed by atoms with Gasteiger partial charge in [-0.15, -0.1) is 0 Å². The lowest BCUT2D eigenvalue weighted by Gasteiger charge is -2.12. The molecule has 0 aliphatic carbocycles. The van der Waals surface area contributed by atoms with Crippen LogP contribution in [0.15, 0.2) is 16.8 Å². The molecule has 1 rings (SSSR count). The zero-order chi connectivity index (χ0) is 8.10. The van der Waals surface area contributed by atoms with Crippen molar-refractivity contribution in [1.29, 1.82) is 0 Å². The van der Waals surface area contributed by atoms with Crippen LogP contribution in [0.1, 0.15) is 5.56 Å². The molecular weight excluding hydrogens is 161 g/mol. The SMILES string of the molecule is CN(CCF)Cc1ccsc1. The maximum absolute atomic E-state index is 11.8. The predicted molar refractivity (Wildman–Crippen MR) is 46.6 cm³/mol. The quantitative estimate of drug-likeness (QED) is 0.674. The van der Waals surface area contributed by atoms with Gasteiger partial charge in [0.25, 0.3) is 0 Å². The van der Waals surface area contributed by atoms with Crippen molar-refractivity contribution in [2.24, 2.45) is 0 Å². The minimum absolute atomic E-state index is 0.263. The minimum Gasteiger partial charge on any atom is -0.299 e. The Labute approximate surface area is 70.5 Å². The maximum Gasteiger partial charge on any atom is 0.102 e. The van der Waals surface area contributed by atoms with Crippen LogP contribution in [0, 0.1) is 0 Å². The Bertz CT molecular complexity index is 186. The summed E-state index contributed by atoms with van der Waals surface area (Å²) in [6, 6.07) is 2.07. The van der Waals surface area contributed by atoms with E-state index < -0.39 is 0 Å². The van der Waals surface area contributed by atoms with E-state index in [1.807, 2.05) is 17.3 Å². The number of hydrogen-bond acceptors (Lipinski definition) is 2. The lowest BCUT2D eigenvalue weighted by Crippen LogP contribution is -2.19. The van der Waals surface area contributed by atoms with Gasteiger partial charge in [0.2, 0.25) is 0 Å². The van der Waals surface area contributed by atoms with E-state index in [0.29, 0.717) is 6.54 Å². The summed E-state index contributed by atoms with van der Waals surface area (Å²) >= 11 is 1.68. The summed E-state index contributed by atoms with van der Waals surface area (Å²) in [4.78, 5) is 1.97. The summed E-state index contributed by atoms with van der Waals surface area (Å²) in [5, 5.41) is 4.13. The van der Waals surface area contributed by atoms with E-state index in [1.165, 1.54) is 5.56 Å². The number of alkyl halides is 1. The lowest BCUT2D eigenvalue weighted by atomic mass is 10.3. The van der Waals surface area contributed by atoms with E-state index in [2.05, 4.69) is 11.4 Å². The monoisotopic (exact) mass is 173 g/mol. The molecule has 0 fully saturated rings. The molecule has 0 bridgehead atoms. The van der Waals surface area contributed by atoms with Crippen LogP contribution < -0.4 is 0 Å². The first-order chi connectivity index (χ1) is 5.33. The Hall–Kier alpha value is -0.410. The van der Waals surface area contributed by atoms with Gasteiger partial charge in [-0.2, -0.15) is 11.3 Å². The van der Waals surface area contributed by atoms with Crippen LogP contribution in [0.4, 0.5) is 4.39 Å². The molecule has 0 saturated heterocycles. The van der Waals surface area contributed by atoms with E-state index in [0.717, 1.165) is 6.54 Å². The fraction of sp³-hybridized carbons (Fsp3) is 0.500. The third kappa shape index (κ3) is 2.99. The molecule has 0 N–H and O–H groups in total. The van der Waals surface area contributed by atoms with Gasteiger partial charge in [-0.1, -0.05) is 0 Å². The Morgan fingerprint density at radius 2 is 2.45 bits per heavy atom. The van der Waals surface area contributed by atoms with Crippen molar-refractivity contribution >= 4 is 11.3 Å². The highest BCUT2D eigenvalue weighted by Crippen LogP contribution is 2.07. The number of halogens is 1. The van der Waals surface area contributed by atoms with Gasteiger partial charge in [-0.05, 0) is 29.4 Å². The summed E-state index contributed by atoms with van der Waals surface area (Å²) in [6.07, 6.45) is 0. The fourth-order valence-electron chi connectivity index (χ4n) is 0.918. The van der Waals surface area contributed by atoms with Crippen LogP contribution in [0.25, 0.3) is 0 Å². The summed E-state index contributed by atoms with van der Waals surface area (Å²) in [7, 11) is 1.93. The molecule has 0 amide bonds. The van der Waals surface area contributed by atoms with Crippen LogP contribution in [-0.4, -0.2) is 25.2 Å². The van der Waals surface area contributed by atoms with Crippen LogP contribution in [0.2, 0.25) is 0 Å². The molecule has 0 aliphatic rings. The van der Waals surface area contributed by atoms with Crippen molar-refractivity contribution in [3.05, 3.63) is 22.4 Å². The number of hydrogen-bond donors (Lipinski definition) is 0. The number of thiophene rings is 1. The van der Waals surface area contributed by atoms with Crippen molar-refractivity contribution in [3.63, 3.8) is 0 Å². The summed E-state index contributed by atoms with van der Waals surface area (Å²) in [5.41, 5.74) is 1.27. The molecule has 0 spiro atoms. The lowest BCUT2D eigenvalue weighted by molar-refractivity contribution is 0.289. The summed E-state index contributed by atoms with van der Waals surface area (Å²) in [5.74, 6) is 0. The van der Waals surface area contributed by atoms with Gasteiger partial charge in [-0.3, -0.25) is 4.90 Å². The topological polar surface area (TPSA) is 3.24 Å². The highest BCUT2D eigenvalue weighted by atomic mass is 32.1. The first-order valence-electron chi connectivity index (χ1n) is 3.58. The molecule has 62 valence electrons. The third-order valence-electron chi connectivity index (χ3n) is 1.50. The second kappa shape index (κ2) is 4.46. The van der Waals surface area contributed by atoms with Crippen LogP contribution in [0.5, 0.6) is 0 Å². The van der Waals surface area contributed by atoms with E-state index in [9.17, 15) is 4.39 Å². The summed E-state index contributed by atoms with van der Waals surface area (Å²) < 4.78 is 11.8. The molecule has 1 heterocycles. The van der Waals surface area contributed by atoms with Gasteiger partial charge < -0.3 is 0 Å². The molecule has 11 heavy (non-hydrogen) atoms. The normalized spacial score (nSPS) is 10.8. The second-order valence-corrected chi connectivity index (χ2v) is 3.34. The minimum atomic E-state index is -0.263. The van der Waals surface area contributed by atoms with Crippen molar-refractivity contribution in [1.82, 2.24) is 4.90 Å². The Morgan fingerprint density at radius 1 is 1.64 bits per heavy atom. The zero-order valence-electron chi connectivity index (χ0n) is 6.59. The van der Waals surface area contributed by atoms with E-state index in [1.54, 1.807) is 11.3 Å².